The molecule has 0 unspecified atom stereocenters. The maximum atomic E-state index is 8.80. The fourth-order valence-electron chi connectivity index (χ4n) is 1.46. The van der Waals surface area contributed by atoms with Gasteiger partial charge < -0.3 is 9.84 Å². The summed E-state index contributed by atoms with van der Waals surface area (Å²) < 4.78 is 5.28. The lowest BCUT2D eigenvalue weighted by Gasteiger charge is -1.99. The van der Waals surface area contributed by atoms with Crippen molar-refractivity contribution < 1.29 is 9.84 Å². The van der Waals surface area contributed by atoms with Crippen molar-refractivity contribution in [2.24, 2.45) is 0 Å². The van der Waals surface area contributed by atoms with Crippen molar-refractivity contribution in [2.75, 3.05) is 6.61 Å². The van der Waals surface area contributed by atoms with Crippen molar-refractivity contribution in [1.29, 1.82) is 0 Å². The van der Waals surface area contributed by atoms with Crippen LogP contribution in [0.5, 0.6) is 0 Å². The minimum Gasteiger partial charge on any atom is -0.394 e. The maximum absolute atomic E-state index is 8.80. The zero-order chi connectivity index (χ0) is 8.55. The minimum atomic E-state index is 0.0334. The molecule has 1 aromatic rings. The van der Waals surface area contributed by atoms with Gasteiger partial charge >= 0.3 is 0 Å². The number of benzene rings is 1. The standard InChI is InChI=1S/C10H12O2/c1-7-4-2-3-5-8(7)10-9(6-11)12-10/h2-5,9-11H,6H2,1H3/t9-,10-/m1/s1. The Hall–Kier alpha value is -0.860. The average Bonchev–Trinajstić information content (AvgIpc) is 2.84. The number of aliphatic hydroxyl groups excluding tert-OH is 1. The third-order valence-electron chi connectivity index (χ3n) is 2.26. The average molecular weight is 164 g/mol. The summed E-state index contributed by atoms with van der Waals surface area (Å²) in [6, 6.07) is 8.12. The number of rotatable bonds is 2. The van der Waals surface area contributed by atoms with E-state index < -0.39 is 0 Å². The monoisotopic (exact) mass is 164 g/mol. The number of ether oxygens (including phenoxy) is 1. The summed E-state index contributed by atoms with van der Waals surface area (Å²) in [5, 5.41) is 8.80. The Morgan fingerprint density at radius 1 is 1.42 bits per heavy atom. The number of aliphatic hydroxyl groups is 1. The Balaban J connectivity index is 2.19. The number of epoxide rings is 1. The molecular formula is C10H12O2. The van der Waals surface area contributed by atoms with E-state index in [0.717, 1.165) is 0 Å². The largest absolute Gasteiger partial charge is 0.394 e. The van der Waals surface area contributed by atoms with Gasteiger partial charge in [-0.05, 0) is 18.1 Å². The quantitative estimate of drug-likeness (QED) is 0.671. The molecule has 2 rings (SSSR count). The Labute approximate surface area is 71.8 Å². The van der Waals surface area contributed by atoms with Crippen LogP contribution in [0.15, 0.2) is 24.3 Å². The molecule has 1 aromatic carbocycles. The molecular weight excluding hydrogens is 152 g/mol. The van der Waals surface area contributed by atoms with Crippen LogP contribution in [0, 0.1) is 6.92 Å². The summed E-state index contributed by atoms with van der Waals surface area (Å²) >= 11 is 0. The molecule has 1 N–H and O–H groups in total. The van der Waals surface area contributed by atoms with E-state index in [-0.39, 0.29) is 18.8 Å². The van der Waals surface area contributed by atoms with E-state index in [1.54, 1.807) is 0 Å². The van der Waals surface area contributed by atoms with Crippen LogP contribution in [0.25, 0.3) is 0 Å². The maximum Gasteiger partial charge on any atom is 0.112 e. The van der Waals surface area contributed by atoms with Crippen LogP contribution in [-0.2, 0) is 4.74 Å². The zero-order valence-corrected chi connectivity index (χ0v) is 7.03. The van der Waals surface area contributed by atoms with Crippen molar-refractivity contribution in [2.45, 2.75) is 19.1 Å². The lowest BCUT2D eigenvalue weighted by Crippen LogP contribution is -1.95. The highest BCUT2D eigenvalue weighted by molar-refractivity contribution is 5.30. The van der Waals surface area contributed by atoms with E-state index in [2.05, 4.69) is 19.1 Å². The van der Waals surface area contributed by atoms with Crippen LogP contribution in [0.1, 0.15) is 17.2 Å². The summed E-state index contributed by atoms with van der Waals surface area (Å²) in [6.07, 6.45) is 0.169. The Kier molecular flexibility index (Phi) is 1.87. The first-order chi connectivity index (χ1) is 5.83. The van der Waals surface area contributed by atoms with Crippen molar-refractivity contribution in [3.63, 3.8) is 0 Å². The van der Waals surface area contributed by atoms with Gasteiger partial charge in [-0.2, -0.15) is 0 Å². The fraction of sp³-hybridized carbons (Fsp3) is 0.400. The van der Waals surface area contributed by atoms with E-state index in [0.29, 0.717) is 0 Å². The SMILES string of the molecule is Cc1ccccc1[C@H]1O[C@@H]1CO. The molecule has 0 aromatic heterocycles. The molecule has 64 valence electrons. The highest BCUT2D eigenvalue weighted by Gasteiger charge is 2.39. The van der Waals surface area contributed by atoms with Gasteiger partial charge in [-0.15, -0.1) is 0 Å². The van der Waals surface area contributed by atoms with Crippen molar-refractivity contribution in [1.82, 2.24) is 0 Å². The minimum absolute atomic E-state index is 0.0334. The molecule has 0 spiro atoms. The molecule has 12 heavy (non-hydrogen) atoms. The Morgan fingerprint density at radius 3 is 2.75 bits per heavy atom. The summed E-state index contributed by atoms with van der Waals surface area (Å²) in [5.41, 5.74) is 2.44. The topological polar surface area (TPSA) is 32.8 Å². The molecule has 1 heterocycles. The van der Waals surface area contributed by atoms with Gasteiger partial charge in [0, 0.05) is 0 Å². The van der Waals surface area contributed by atoms with E-state index in [4.69, 9.17) is 9.84 Å². The van der Waals surface area contributed by atoms with Crippen LogP contribution in [0.4, 0.5) is 0 Å². The predicted molar refractivity (Wildman–Crippen MR) is 45.9 cm³/mol. The second-order valence-corrected chi connectivity index (χ2v) is 3.13. The molecule has 1 saturated heterocycles. The molecule has 0 saturated carbocycles. The Morgan fingerprint density at radius 2 is 2.17 bits per heavy atom. The molecule has 2 heteroatoms. The summed E-state index contributed by atoms with van der Waals surface area (Å²) in [4.78, 5) is 0. The van der Waals surface area contributed by atoms with Crippen LogP contribution in [0.3, 0.4) is 0 Å². The molecule has 1 aliphatic rings. The third-order valence-corrected chi connectivity index (χ3v) is 2.26. The van der Waals surface area contributed by atoms with Crippen LogP contribution < -0.4 is 0 Å². The second-order valence-electron chi connectivity index (χ2n) is 3.13. The van der Waals surface area contributed by atoms with E-state index >= 15 is 0 Å². The molecule has 0 radical (unpaired) electrons. The first-order valence-electron chi connectivity index (χ1n) is 4.15. The first kappa shape index (κ1) is 7.77. The van der Waals surface area contributed by atoms with Gasteiger partial charge in [0.1, 0.15) is 12.2 Å². The van der Waals surface area contributed by atoms with Gasteiger partial charge in [-0.3, -0.25) is 0 Å². The summed E-state index contributed by atoms with van der Waals surface area (Å²) in [6.45, 7) is 2.18. The van der Waals surface area contributed by atoms with Gasteiger partial charge in [0.25, 0.3) is 0 Å². The van der Waals surface area contributed by atoms with Gasteiger partial charge in [0.15, 0.2) is 0 Å². The van der Waals surface area contributed by atoms with Crippen LogP contribution in [0.2, 0.25) is 0 Å². The van der Waals surface area contributed by atoms with E-state index in [1.807, 2.05) is 12.1 Å². The smallest absolute Gasteiger partial charge is 0.112 e. The Bertz CT molecular complexity index is 283. The molecule has 0 aliphatic carbocycles. The molecule has 1 aliphatic heterocycles. The lowest BCUT2D eigenvalue weighted by molar-refractivity contribution is 0.242. The van der Waals surface area contributed by atoms with Gasteiger partial charge in [-0.25, -0.2) is 0 Å². The van der Waals surface area contributed by atoms with Crippen molar-refractivity contribution >= 4 is 0 Å². The molecule has 0 bridgehead atoms. The van der Waals surface area contributed by atoms with Crippen molar-refractivity contribution in [3.05, 3.63) is 35.4 Å². The number of hydrogen-bond donors (Lipinski definition) is 1. The first-order valence-corrected chi connectivity index (χ1v) is 4.15. The highest BCUT2D eigenvalue weighted by Crippen LogP contribution is 2.39. The fourth-order valence-corrected chi connectivity index (χ4v) is 1.46. The van der Waals surface area contributed by atoms with E-state index in [9.17, 15) is 0 Å². The zero-order valence-electron chi connectivity index (χ0n) is 7.03. The highest BCUT2D eigenvalue weighted by atomic mass is 16.6. The second kappa shape index (κ2) is 2.88. The molecule has 1 fully saturated rings. The molecule has 2 nitrogen and oxygen atoms in total. The van der Waals surface area contributed by atoms with E-state index in [1.165, 1.54) is 11.1 Å². The predicted octanol–water partition coefficient (Wildman–Crippen LogP) is 1.43. The van der Waals surface area contributed by atoms with Gasteiger partial charge in [-0.1, -0.05) is 24.3 Å². The normalized spacial score (nSPS) is 27.2. The van der Waals surface area contributed by atoms with Crippen LogP contribution in [-0.4, -0.2) is 17.8 Å². The third kappa shape index (κ3) is 1.24. The summed E-state index contributed by atoms with van der Waals surface area (Å²) in [5.74, 6) is 0. The summed E-state index contributed by atoms with van der Waals surface area (Å²) in [7, 11) is 0. The van der Waals surface area contributed by atoms with Gasteiger partial charge in [0.05, 0.1) is 6.61 Å². The lowest BCUT2D eigenvalue weighted by atomic mass is 10.0. The number of aryl methyl sites for hydroxylation is 1. The number of hydrogen-bond acceptors (Lipinski definition) is 2. The van der Waals surface area contributed by atoms with Crippen LogP contribution >= 0.6 is 0 Å². The van der Waals surface area contributed by atoms with Crippen molar-refractivity contribution in [3.8, 4) is 0 Å². The molecule has 0 amide bonds. The van der Waals surface area contributed by atoms with Gasteiger partial charge in [0.2, 0.25) is 0 Å². The molecule has 2 atom stereocenters.